The highest BCUT2D eigenvalue weighted by Crippen LogP contribution is 2.12. The van der Waals surface area contributed by atoms with Crippen LogP contribution in [0, 0.1) is 6.92 Å². The summed E-state index contributed by atoms with van der Waals surface area (Å²) < 4.78 is 6.16. The maximum atomic E-state index is 11.8. The van der Waals surface area contributed by atoms with Gasteiger partial charge in [0.2, 0.25) is 5.78 Å². The third-order valence-corrected chi connectivity index (χ3v) is 2.61. The number of aryl methyl sites for hydroxylation is 1. The number of pyridine rings is 1. The molecule has 0 aliphatic rings. The van der Waals surface area contributed by atoms with Crippen molar-refractivity contribution in [3.05, 3.63) is 52.1 Å². The molecule has 0 fully saturated rings. The Kier molecular flexibility index (Phi) is 3.19. The van der Waals surface area contributed by atoms with Crippen molar-refractivity contribution in [3.8, 4) is 0 Å². The van der Waals surface area contributed by atoms with E-state index in [9.17, 15) is 4.79 Å². The zero-order chi connectivity index (χ0) is 11.5. The largest absolute Gasteiger partial charge is 0.458 e. The third kappa shape index (κ3) is 2.58. The highest BCUT2D eigenvalue weighted by Gasteiger charge is 2.11. The average Bonchev–Trinajstić information content (AvgIpc) is 2.68. The molecule has 16 heavy (non-hydrogen) atoms. The first kappa shape index (κ1) is 11.1. The van der Waals surface area contributed by atoms with Crippen LogP contribution in [0.15, 0.2) is 39.4 Å². The van der Waals surface area contributed by atoms with Crippen LogP contribution >= 0.6 is 15.9 Å². The maximum Gasteiger partial charge on any atom is 0.203 e. The summed E-state index contributed by atoms with van der Waals surface area (Å²) in [5, 5.41) is 0. The van der Waals surface area contributed by atoms with Gasteiger partial charge in [0.1, 0.15) is 5.76 Å². The van der Waals surface area contributed by atoms with Gasteiger partial charge in [-0.15, -0.1) is 0 Å². The highest BCUT2D eigenvalue weighted by atomic mass is 79.9. The van der Waals surface area contributed by atoms with Gasteiger partial charge in [-0.3, -0.25) is 9.78 Å². The fourth-order valence-corrected chi connectivity index (χ4v) is 1.58. The summed E-state index contributed by atoms with van der Waals surface area (Å²) in [6.45, 7) is 1.81. The average molecular weight is 280 g/mol. The third-order valence-electron chi connectivity index (χ3n) is 2.15. The van der Waals surface area contributed by atoms with Gasteiger partial charge in [0.25, 0.3) is 0 Å². The first-order valence-electron chi connectivity index (χ1n) is 4.85. The summed E-state index contributed by atoms with van der Waals surface area (Å²) in [7, 11) is 0. The van der Waals surface area contributed by atoms with E-state index in [4.69, 9.17) is 4.42 Å². The zero-order valence-electron chi connectivity index (χ0n) is 8.74. The molecular weight excluding hydrogens is 270 g/mol. The van der Waals surface area contributed by atoms with Gasteiger partial charge in [-0.1, -0.05) is 0 Å². The Morgan fingerprint density at radius 1 is 1.38 bits per heavy atom. The van der Waals surface area contributed by atoms with Gasteiger partial charge >= 0.3 is 0 Å². The number of nitrogens with zero attached hydrogens (tertiary/aromatic N) is 1. The number of furan rings is 1. The van der Waals surface area contributed by atoms with Crippen LogP contribution in [-0.4, -0.2) is 10.8 Å². The number of hydrogen-bond donors (Lipinski definition) is 0. The smallest absolute Gasteiger partial charge is 0.203 e. The van der Waals surface area contributed by atoms with Crippen LogP contribution < -0.4 is 0 Å². The van der Waals surface area contributed by atoms with Crippen LogP contribution in [-0.2, 0) is 6.42 Å². The molecule has 0 amide bonds. The second kappa shape index (κ2) is 4.61. The lowest BCUT2D eigenvalue weighted by Crippen LogP contribution is -2.03. The Hall–Kier alpha value is -1.42. The van der Waals surface area contributed by atoms with E-state index in [-0.39, 0.29) is 12.2 Å². The van der Waals surface area contributed by atoms with Gasteiger partial charge in [-0.05, 0) is 47.1 Å². The Morgan fingerprint density at radius 2 is 2.19 bits per heavy atom. The first-order chi connectivity index (χ1) is 7.65. The Labute approximate surface area is 102 Å². The molecule has 2 rings (SSSR count). The summed E-state index contributed by atoms with van der Waals surface area (Å²) in [4.78, 5) is 15.9. The van der Waals surface area contributed by atoms with Crippen molar-refractivity contribution >= 4 is 21.7 Å². The summed E-state index contributed by atoms with van der Waals surface area (Å²) in [5.74, 6) is 1.08. The number of ketones is 1. The molecule has 2 heterocycles. The molecule has 0 N–H and O–H groups in total. The minimum Gasteiger partial charge on any atom is -0.458 e. The lowest BCUT2D eigenvalue weighted by atomic mass is 10.1. The van der Waals surface area contributed by atoms with E-state index in [1.165, 1.54) is 0 Å². The van der Waals surface area contributed by atoms with Crippen molar-refractivity contribution in [1.29, 1.82) is 0 Å². The van der Waals surface area contributed by atoms with Gasteiger partial charge in [-0.25, -0.2) is 0 Å². The number of aromatic nitrogens is 1. The molecule has 0 saturated heterocycles. The van der Waals surface area contributed by atoms with E-state index >= 15 is 0 Å². The molecule has 0 saturated carbocycles. The molecule has 4 heteroatoms. The number of halogens is 1. The zero-order valence-corrected chi connectivity index (χ0v) is 10.3. The molecule has 2 aromatic rings. The molecule has 0 spiro atoms. The van der Waals surface area contributed by atoms with E-state index in [1.54, 1.807) is 18.3 Å². The lowest BCUT2D eigenvalue weighted by molar-refractivity contribution is 0.0964. The van der Waals surface area contributed by atoms with Crippen LogP contribution in [0.2, 0.25) is 0 Å². The summed E-state index contributed by atoms with van der Waals surface area (Å²) in [6.07, 6.45) is 1.94. The number of Topliss-reactive ketones (excluding diaryl/α,β-unsaturated/α-hetero) is 1. The minimum absolute atomic E-state index is 0.0528. The molecular formula is C12H10BrNO2. The second-order valence-corrected chi connectivity index (χ2v) is 4.39. The quantitative estimate of drug-likeness (QED) is 0.811. The lowest BCUT2D eigenvalue weighted by Gasteiger charge is -1.98. The van der Waals surface area contributed by atoms with Crippen LogP contribution in [0.4, 0.5) is 0 Å². The van der Waals surface area contributed by atoms with Crippen molar-refractivity contribution in [2.45, 2.75) is 13.3 Å². The maximum absolute atomic E-state index is 11.8. The molecule has 0 unspecified atom stereocenters. The normalized spacial score (nSPS) is 10.4. The van der Waals surface area contributed by atoms with Crippen molar-refractivity contribution in [3.63, 3.8) is 0 Å². The molecule has 2 aromatic heterocycles. The van der Waals surface area contributed by atoms with Crippen LogP contribution in [0.5, 0.6) is 0 Å². The molecule has 82 valence electrons. The predicted molar refractivity (Wildman–Crippen MR) is 63.4 cm³/mol. The SMILES string of the molecule is Cc1ccc(C(=O)Cc2ccc(Br)cn2)o1. The molecule has 0 bridgehead atoms. The summed E-state index contributed by atoms with van der Waals surface area (Å²) in [6, 6.07) is 7.15. The Bertz CT molecular complexity index is 502. The monoisotopic (exact) mass is 279 g/mol. The topological polar surface area (TPSA) is 43.1 Å². The predicted octanol–water partition coefficient (Wildman–Crippen LogP) is 3.17. The molecule has 0 aromatic carbocycles. The minimum atomic E-state index is -0.0528. The van der Waals surface area contributed by atoms with Crippen molar-refractivity contribution in [2.24, 2.45) is 0 Å². The van der Waals surface area contributed by atoms with E-state index in [0.717, 1.165) is 15.9 Å². The number of carbonyl (C=O) groups excluding carboxylic acids is 1. The van der Waals surface area contributed by atoms with Gasteiger partial charge in [0.05, 0.1) is 6.42 Å². The van der Waals surface area contributed by atoms with Gasteiger partial charge < -0.3 is 4.42 Å². The first-order valence-corrected chi connectivity index (χ1v) is 5.64. The van der Waals surface area contributed by atoms with E-state index < -0.39 is 0 Å². The van der Waals surface area contributed by atoms with E-state index in [1.807, 2.05) is 19.1 Å². The summed E-state index contributed by atoms with van der Waals surface area (Å²) >= 11 is 3.29. The van der Waals surface area contributed by atoms with Gasteiger partial charge in [0.15, 0.2) is 5.76 Å². The fourth-order valence-electron chi connectivity index (χ4n) is 1.35. The van der Waals surface area contributed by atoms with Crippen LogP contribution in [0.25, 0.3) is 0 Å². The molecule has 0 radical (unpaired) electrons. The van der Waals surface area contributed by atoms with Crippen LogP contribution in [0.3, 0.4) is 0 Å². The molecule has 0 aliphatic heterocycles. The fraction of sp³-hybridized carbons (Fsp3) is 0.167. The standard InChI is InChI=1S/C12H10BrNO2/c1-8-2-5-12(16-8)11(15)6-10-4-3-9(13)7-14-10/h2-5,7H,6H2,1H3. The highest BCUT2D eigenvalue weighted by molar-refractivity contribution is 9.10. The van der Waals surface area contributed by atoms with Crippen LogP contribution in [0.1, 0.15) is 22.0 Å². The Balaban J connectivity index is 2.10. The van der Waals surface area contributed by atoms with E-state index in [2.05, 4.69) is 20.9 Å². The van der Waals surface area contributed by atoms with Gasteiger partial charge in [-0.2, -0.15) is 0 Å². The van der Waals surface area contributed by atoms with Crippen molar-refractivity contribution in [1.82, 2.24) is 4.98 Å². The summed E-state index contributed by atoms with van der Waals surface area (Å²) in [5.41, 5.74) is 0.738. The van der Waals surface area contributed by atoms with Gasteiger partial charge in [0, 0.05) is 16.4 Å². The second-order valence-electron chi connectivity index (χ2n) is 3.48. The van der Waals surface area contributed by atoms with Crippen molar-refractivity contribution in [2.75, 3.05) is 0 Å². The number of carbonyl (C=O) groups is 1. The molecule has 0 atom stereocenters. The number of rotatable bonds is 3. The molecule has 0 aliphatic carbocycles. The van der Waals surface area contributed by atoms with Crippen molar-refractivity contribution < 1.29 is 9.21 Å². The molecule has 3 nitrogen and oxygen atoms in total. The Morgan fingerprint density at radius 3 is 2.75 bits per heavy atom. The van der Waals surface area contributed by atoms with E-state index in [0.29, 0.717) is 5.76 Å². The number of hydrogen-bond acceptors (Lipinski definition) is 3.